The van der Waals surface area contributed by atoms with Crippen LogP contribution in [0.15, 0.2) is 12.7 Å². The van der Waals surface area contributed by atoms with E-state index in [2.05, 4.69) is 20.3 Å². The molecule has 2 aromatic heterocycles. The molecule has 0 bridgehead atoms. The number of anilines is 1. The Balaban J connectivity index is 1.68. The molecular weight excluding hydrogens is 365 g/mol. The number of ether oxygens (including phenoxy) is 1. The van der Waals surface area contributed by atoms with Gasteiger partial charge in [0, 0.05) is 5.54 Å². The highest BCUT2D eigenvalue weighted by molar-refractivity contribution is 7.47. The second-order valence-corrected chi connectivity index (χ2v) is 8.72. The van der Waals surface area contributed by atoms with Crippen molar-refractivity contribution in [3.8, 4) is 0 Å². The van der Waals surface area contributed by atoms with Gasteiger partial charge in [-0.15, -0.1) is 0 Å². The zero-order valence-electron chi connectivity index (χ0n) is 14.4. The smallest absolute Gasteiger partial charge is 0.386 e. The molecule has 0 amide bonds. The first kappa shape index (κ1) is 17.8. The van der Waals surface area contributed by atoms with Gasteiger partial charge in [0.1, 0.15) is 24.6 Å². The van der Waals surface area contributed by atoms with Gasteiger partial charge in [0.05, 0.1) is 12.9 Å². The molecule has 1 unspecified atom stereocenters. The number of nitrogens with zero attached hydrogens (tertiary/aromatic N) is 4. The van der Waals surface area contributed by atoms with Crippen LogP contribution in [0.3, 0.4) is 0 Å². The zero-order valence-corrected chi connectivity index (χ0v) is 15.3. The highest BCUT2D eigenvalue weighted by Crippen LogP contribution is 2.52. The Morgan fingerprint density at radius 2 is 2.12 bits per heavy atom. The molecular formula is C14H20N5O6P. The van der Waals surface area contributed by atoms with Gasteiger partial charge in [0.25, 0.3) is 0 Å². The lowest BCUT2D eigenvalue weighted by Crippen LogP contribution is -2.39. The number of aliphatic hydroxyl groups excluding tert-OH is 1. The van der Waals surface area contributed by atoms with Gasteiger partial charge in [-0.2, -0.15) is 0 Å². The number of aliphatic hydroxyl groups is 1. The first-order chi connectivity index (χ1) is 12.1. The maximum absolute atomic E-state index is 11.6. The van der Waals surface area contributed by atoms with Gasteiger partial charge in [-0.25, -0.2) is 19.5 Å². The Kier molecular flexibility index (Phi) is 4.07. The molecule has 11 nitrogen and oxygen atoms in total. The lowest BCUT2D eigenvalue weighted by atomic mass is 10.1. The summed E-state index contributed by atoms with van der Waals surface area (Å²) in [5, 5.41) is 13.8. The SMILES string of the molecule is CC(C)(C)Nc1ncnc2c1ncn2[C@@H]1O[C@@H]2COP(=O)(O)O[C@H]2[C@H]1O. The van der Waals surface area contributed by atoms with E-state index in [0.29, 0.717) is 17.0 Å². The lowest BCUT2D eigenvalue weighted by Gasteiger charge is -2.27. The average Bonchev–Trinajstić information content (AvgIpc) is 3.08. The third kappa shape index (κ3) is 3.11. The molecule has 4 rings (SSSR count). The normalized spacial score (nSPS) is 34.8. The van der Waals surface area contributed by atoms with Crippen molar-refractivity contribution in [1.29, 1.82) is 0 Å². The van der Waals surface area contributed by atoms with Crippen LogP contribution in [0.1, 0.15) is 27.0 Å². The molecule has 3 N–H and O–H groups in total. The van der Waals surface area contributed by atoms with Crippen LogP contribution in [-0.2, 0) is 18.3 Å². The number of aromatic nitrogens is 4. The second kappa shape index (κ2) is 5.95. The number of imidazole rings is 1. The van der Waals surface area contributed by atoms with E-state index in [1.807, 2.05) is 20.8 Å². The van der Waals surface area contributed by atoms with E-state index in [4.69, 9.17) is 13.8 Å². The van der Waals surface area contributed by atoms with Gasteiger partial charge in [0.15, 0.2) is 23.2 Å². The molecule has 0 spiro atoms. The van der Waals surface area contributed by atoms with Gasteiger partial charge >= 0.3 is 7.82 Å². The molecule has 142 valence electrons. The summed E-state index contributed by atoms with van der Waals surface area (Å²) in [5.41, 5.74) is 0.761. The number of hydrogen-bond donors (Lipinski definition) is 3. The van der Waals surface area contributed by atoms with Crippen LogP contribution >= 0.6 is 7.82 Å². The van der Waals surface area contributed by atoms with Crippen molar-refractivity contribution in [3.63, 3.8) is 0 Å². The van der Waals surface area contributed by atoms with Gasteiger partial charge in [-0.1, -0.05) is 0 Å². The Morgan fingerprint density at radius 3 is 2.85 bits per heavy atom. The Morgan fingerprint density at radius 1 is 1.35 bits per heavy atom. The topological polar surface area (TPSA) is 141 Å². The summed E-state index contributed by atoms with van der Waals surface area (Å²) in [6.07, 6.45) is -0.834. The van der Waals surface area contributed by atoms with Crippen molar-refractivity contribution in [2.24, 2.45) is 0 Å². The molecule has 2 aliphatic heterocycles. The fourth-order valence-electron chi connectivity index (χ4n) is 3.05. The standard InChI is InChI=1S/C14H20N5O6P/c1-14(2,3)18-11-8-12(16-5-15-11)19(6-17-8)13-9(20)10-7(24-13)4-23-26(21,22)25-10/h5-7,9-10,13,20H,4H2,1-3H3,(H,21,22)(H,15,16,18)/t7-,9-,10-,13-/m1/s1. The van der Waals surface area contributed by atoms with Gasteiger partial charge < -0.3 is 20.1 Å². The van der Waals surface area contributed by atoms with E-state index in [-0.39, 0.29) is 12.1 Å². The molecule has 0 saturated carbocycles. The average molecular weight is 385 g/mol. The number of nitrogens with one attached hydrogen (secondary N) is 1. The number of fused-ring (bicyclic) bond motifs is 2. The number of hydrogen-bond acceptors (Lipinski definition) is 9. The number of phosphoric acid groups is 1. The Labute approximate surface area is 148 Å². The molecule has 4 heterocycles. The van der Waals surface area contributed by atoms with E-state index in [1.165, 1.54) is 12.7 Å². The van der Waals surface area contributed by atoms with Gasteiger partial charge in [-0.05, 0) is 20.8 Å². The summed E-state index contributed by atoms with van der Waals surface area (Å²) < 4.78 is 28.7. The molecule has 2 fully saturated rings. The molecule has 26 heavy (non-hydrogen) atoms. The van der Waals surface area contributed by atoms with Gasteiger partial charge in [0.2, 0.25) is 0 Å². The summed E-state index contributed by atoms with van der Waals surface area (Å²) in [7, 11) is -4.18. The zero-order chi connectivity index (χ0) is 18.7. The van der Waals surface area contributed by atoms with E-state index in [9.17, 15) is 14.6 Å². The van der Waals surface area contributed by atoms with Crippen LogP contribution in [0.4, 0.5) is 5.82 Å². The fraction of sp³-hybridized carbons (Fsp3) is 0.643. The molecule has 0 aliphatic carbocycles. The molecule has 5 atom stereocenters. The summed E-state index contributed by atoms with van der Waals surface area (Å²) in [5.74, 6) is 0.561. The second-order valence-electron chi connectivity index (χ2n) is 7.31. The van der Waals surface area contributed by atoms with Crippen molar-refractivity contribution in [2.45, 2.75) is 50.8 Å². The molecule has 2 saturated heterocycles. The summed E-state index contributed by atoms with van der Waals surface area (Å²) in [6.45, 7) is 5.84. The first-order valence-corrected chi connectivity index (χ1v) is 9.59. The first-order valence-electron chi connectivity index (χ1n) is 8.10. The van der Waals surface area contributed by atoms with E-state index in [1.54, 1.807) is 4.57 Å². The van der Waals surface area contributed by atoms with Crippen molar-refractivity contribution < 1.29 is 28.3 Å². The maximum atomic E-state index is 11.6. The highest BCUT2D eigenvalue weighted by Gasteiger charge is 2.52. The number of phosphoric ester groups is 1. The molecule has 0 radical (unpaired) electrons. The predicted octanol–water partition coefficient (Wildman–Crippen LogP) is 0.811. The summed E-state index contributed by atoms with van der Waals surface area (Å²) >= 11 is 0. The van der Waals surface area contributed by atoms with E-state index >= 15 is 0 Å². The predicted molar refractivity (Wildman–Crippen MR) is 89.3 cm³/mol. The van der Waals surface area contributed by atoms with Crippen LogP contribution in [0.5, 0.6) is 0 Å². The molecule has 2 aromatic rings. The Bertz CT molecular complexity index is 882. The quantitative estimate of drug-likeness (QED) is 0.636. The monoisotopic (exact) mass is 385 g/mol. The van der Waals surface area contributed by atoms with Crippen molar-refractivity contribution >= 4 is 24.8 Å². The van der Waals surface area contributed by atoms with Crippen LogP contribution in [0.25, 0.3) is 11.2 Å². The molecule has 0 aromatic carbocycles. The van der Waals surface area contributed by atoms with Gasteiger partial charge in [-0.3, -0.25) is 13.6 Å². The van der Waals surface area contributed by atoms with Crippen molar-refractivity contribution in [2.75, 3.05) is 11.9 Å². The minimum atomic E-state index is -4.18. The fourth-order valence-corrected chi connectivity index (χ4v) is 4.01. The Hall–Kier alpha value is -1.62. The summed E-state index contributed by atoms with van der Waals surface area (Å²) in [4.78, 5) is 22.3. The van der Waals surface area contributed by atoms with Crippen LogP contribution in [0.2, 0.25) is 0 Å². The number of rotatable bonds is 2. The summed E-state index contributed by atoms with van der Waals surface area (Å²) in [6, 6.07) is 0. The van der Waals surface area contributed by atoms with E-state index in [0.717, 1.165) is 0 Å². The minimum absolute atomic E-state index is 0.148. The third-order valence-corrected chi connectivity index (χ3v) is 5.08. The van der Waals surface area contributed by atoms with Crippen molar-refractivity contribution in [1.82, 2.24) is 19.5 Å². The van der Waals surface area contributed by atoms with Crippen LogP contribution < -0.4 is 5.32 Å². The van der Waals surface area contributed by atoms with Crippen LogP contribution in [0, 0.1) is 0 Å². The molecule has 12 heteroatoms. The third-order valence-electron chi connectivity index (χ3n) is 4.09. The maximum Gasteiger partial charge on any atom is 0.472 e. The van der Waals surface area contributed by atoms with Crippen LogP contribution in [-0.4, -0.2) is 60.0 Å². The largest absolute Gasteiger partial charge is 0.472 e. The van der Waals surface area contributed by atoms with Crippen molar-refractivity contribution in [3.05, 3.63) is 12.7 Å². The minimum Gasteiger partial charge on any atom is -0.386 e. The van der Waals surface area contributed by atoms with E-state index < -0.39 is 32.4 Å². The highest BCUT2D eigenvalue weighted by atomic mass is 31.2. The molecule has 2 aliphatic rings. The lowest BCUT2D eigenvalue weighted by molar-refractivity contribution is -0.0664.